The van der Waals surface area contributed by atoms with Gasteiger partial charge in [-0.1, -0.05) is 42.1 Å². The maximum atomic E-state index is 13.6. The lowest BCUT2D eigenvalue weighted by Gasteiger charge is -2.16. The Hall–Kier alpha value is -3.07. The SMILES string of the molecule is CN(C(=O)CSc1nnc(COc2ccccc2F)n1N)c1ccccc1. The van der Waals surface area contributed by atoms with Gasteiger partial charge in [0.25, 0.3) is 0 Å². The maximum absolute atomic E-state index is 13.6. The van der Waals surface area contributed by atoms with Gasteiger partial charge in [-0.15, -0.1) is 10.2 Å². The number of anilines is 1. The number of nitrogens with zero attached hydrogens (tertiary/aromatic N) is 4. The van der Waals surface area contributed by atoms with Gasteiger partial charge in [-0.2, -0.15) is 0 Å². The van der Waals surface area contributed by atoms with Gasteiger partial charge in [0.2, 0.25) is 11.1 Å². The standard InChI is InChI=1S/C18H18FN5O2S/c1-23(13-7-3-2-4-8-13)17(25)12-27-18-22-21-16(24(18)20)11-26-15-10-6-5-9-14(15)19/h2-10H,11-12,20H2,1H3. The Labute approximate surface area is 159 Å². The van der Waals surface area contributed by atoms with E-state index in [9.17, 15) is 9.18 Å². The number of nitrogen functional groups attached to an aromatic ring is 1. The molecule has 7 nitrogen and oxygen atoms in total. The van der Waals surface area contributed by atoms with Gasteiger partial charge in [0.1, 0.15) is 6.61 Å². The second-order valence-corrected chi connectivity index (χ2v) is 6.51. The van der Waals surface area contributed by atoms with Crippen LogP contribution in [0.1, 0.15) is 5.82 Å². The molecule has 0 radical (unpaired) electrons. The van der Waals surface area contributed by atoms with Gasteiger partial charge in [-0.3, -0.25) is 4.79 Å². The van der Waals surface area contributed by atoms with Gasteiger partial charge in [0, 0.05) is 12.7 Å². The molecular weight excluding hydrogens is 369 g/mol. The number of hydrogen-bond donors (Lipinski definition) is 1. The van der Waals surface area contributed by atoms with Gasteiger partial charge in [0.15, 0.2) is 17.4 Å². The summed E-state index contributed by atoms with van der Waals surface area (Å²) in [6.45, 7) is -0.0388. The fourth-order valence-electron chi connectivity index (χ4n) is 2.23. The van der Waals surface area contributed by atoms with E-state index in [2.05, 4.69) is 10.2 Å². The van der Waals surface area contributed by atoms with Crippen LogP contribution in [0.2, 0.25) is 0 Å². The van der Waals surface area contributed by atoms with Crippen molar-refractivity contribution in [2.45, 2.75) is 11.8 Å². The van der Waals surface area contributed by atoms with Gasteiger partial charge in [-0.25, -0.2) is 9.07 Å². The number of rotatable bonds is 7. The highest BCUT2D eigenvalue weighted by Crippen LogP contribution is 2.20. The molecule has 27 heavy (non-hydrogen) atoms. The Morgan fingerprint density at radius 1 is 1.19 bits per heavy atom. The van der Waals surface area contributed by atoms with Crippen LogP contribution < -0.4 is 15.5 Å². The van der Waals surface area contributed by atoms with E-state index in [1.165, 1.54) is 28.6 Å². The van der Waals surface area contributed by atoms with Gasteiger partial charge in [-0.05, 0) is 24.3 Å². The molecule has 1 aromatic heterocycles. The summed E-state index contributed by atoms with van der Waals surface area (Å²) in [5.41, 5.74) is 0.802. The third kappa shape index (κ3) is 4.56. The zero-order chi connectivity index (χ0) is 19.2. The van der Waals surface area contributed by atoms with E-state index < -0.39 is 5.82 Å². The predicted octanol–water partition coefficient (Wildman–Crippen LogP) is 2.47. The molecule has 9 heteroatoms. The average Bonchev–Trinajstić information content (AvgIpc) is 3.05. The molecule has 1 amide bonds. The molecule has 1 heterocycles. The predicted molar refractivity (Wildman–Crippen MR) is 101 cm³/mol. The van der Waals surface area contributed by atoms with Gasteiger partial charge in [0.05, 0.1) is 5.75 Å². The smallest absolute Gasteiger partial charge is 0.237 e. The molecule has 0 atom stereocenters. The number of amides is 1. The minimum atomic E-state index is -0.468. The van der Waals surface area contributed by atoms with Crippen LogP contribution >= 0.6 is 11.8 Å². The van der Waals surface area contributed by atoms with Crippen LogP contribution in [0, 0.1) is 5.82 Å². The van der Waals surface area contributed by atoms with Crippen molar-refractivity contribution >= 4 is 23.4 Å². The molecule has 0 bridgehead atoms. The Bertz CT molecular complexity index is 919. The average molecular weight is 387 g/mol. The van der Waals surface area contributed by atoms with E-state index in [1.807, 2.05) is 30.3 Å². The molecule has 2 aromatic carbocycles. The number of aromatic nitrogens is 3. The highest BCUT2D eigenvalue weighted by molar-refractivity contribution is 7.99. The maximum Gasteiger partial charge on any atom is 0.237 e. The third-order valence-electron chi connectivity index (χ3n) is 3.77. The summed E-state index contributed by atoms with van der Waals surface area (Å²) in [6.07, 6.45) is 0. The molecule has 0 saturated heterocycles. The zero-order valence-electron chi connectivity index (χ0n) is 14.6. The Kier molecular flexibility index (Phi) is 5.92. The van der Waals surface area contributed by atoms with Crippen molar-refractivity contribution in [3.63, 3.8) is 0 Å². The Morgan fingerprint density at radius 2 is 1.89 bits per heavy atom. The number of thioether (sulfide) groups is 1. The fourth-order valence-corrected chi connectivity index (χ4v) is 3.02. The van der Waals surface area contributed by atoms with E-state index in [1.54, 1.807) is 24.1 Å². The molecule has 0 aliphatic heterocycles. The van der Waals surface area contributed by atoms with E-state index in [4.69, 9.17) is 10.6 Å². The summed E-state index contributed by atoms with van der Waals surface area (Å²) in [5, 5.41) is 8.27. The molecule has 0 fully saturated rings. The monoisotopic (exact) mass is 387 g/mol. The molecule has 0 saturated carbocycles. The largest absolute Gasteiger partial charge is 0.482 e. The minimum Gasteiger partial charge on any atom is -0.482 e. The third-order valence-corrected chi connectivity index (χ3v) is 4.70. The minimum absolute atomic E-state index is 0.0388. The molecule has 2 N–H and O–H groups in total. The zero-order valence-corrected chi connectivity index (χ0v) is 15.4. The summed E-state index contributed by atoms with van der Waals surface area (Å²) in [5.74, 6) is 5.96. The summed E-state index contributed by atoms with van der Waals surface area (Å²) < 4.78 is 20.2. The molecule has 140 valence electrons. The first-order valence-electron chi connectivity index (χ1n) is 8.07. The highest BCUT2D eigenvalue weighted by atomic mass is 32.2. The Morgan fingerprint density at radius 3 is 2.63 bits per heavy atom. The quantitative estimate of drug-likeness (QED) is 0.495. The lowest BCUT2D eigenvalue weighted by atomic mass is 10.3. The summed E-state index contributed by atoms with van der Waals surface area (Å²) in [4.78, 5) is 13.9. The van der Waals surface area contributed by atoms with E-state index >= 15 is 0 Å². The van der Waals surface area contributed by atoms with Crippen LogP contribution in [0.15, 0.2) is 59.8 Å². The molecule has 0 aliphatic carbocycles. The van der Waals surface area contributed by atoms with Crippen molar-refractivity contribution in [1.82, 2.24) is 14.9 Å². The van der Waals surface area contributed by atoms with Crippen molar-refractivity contribution in [2.75, 3.05) is 23.5 Å². The van der Waals surface area contributed by atoms with Crippen LogP contribution in [0.3, 0.4) is 0 Å². The normalized spacial score (nSPS) is 10.6. The van der Waals surface area contributed by atoms with Crippen LogP contribution in [0.5, 0.6) is 5.75 Å². The molecule has 0 spiro atoms. The number of halogens is 1. The number of nitrogens with two attached hydrogens (primary N) is 1. The lowest BCUT2D eigenvalue weighted by Crippen LogP contribution is -2.28. The van der Waals surface area contributed by atoms with E-state index in [0.717, 1.165) is 5.69 Å². The number of para-hydroxylation sites is 2. The summed E-state index contributed by atoms with van der Waals surface area (Å²) in [7, 11) is 1.71. The summed E-state index contributed by atoms with van der Waals surface area (Å²) >= 11 is 1.17. The first-order chi connectivity index (χ1) is 13.1. The van der Waals surface area contributed by atoms with Gasteiger partial charge >= 0.3 is 0 Å². The van der Waals surface area contributed by atoms with Gasteiger partial charge < -0.3 is 15.5 Å². The van der Waals surface area contributed by atoms with Crippen molar-refractivity contribution in [1.29, 1.82) is 0 Å². The van der Waals surface area contributed by atoms with Crippen molar-refractivity contribution in [2.24, 2.45) is 0 Å². The highest BCUT2D eigenvalue weighted by Gasteiger charge is 2.16. The lowest BCUT2D eigenvalue weighted by molar-refractivity contribution is -0.115. The van der Waals surface area contributed by atoms with E-state index in [0.29, 0.717) is 11.0 Å². The summed E-state index contributed by atoms with van der Waals surface area (Å²) in [6, 6.07) is 15.4. The second-order valence-electron chi connectivity index (χ2n) is 5.56. The topological polar surface area (TPSA) is 86.3 Å². The van der Waals surface area contributed by atoms with Crippen molar-refractivity contribution < 1.29 is 13.9 Å². The first-order valence-corrected chi connectivity index (χ1v) is 9.06. The molecule has 0 aliphatic rings. The van der Waals surface area contributed by atoms with E-state index in [-0.39, 0.29) is 24.0 Å². The number of hydrogen-bond acceptors (Lipinski definition) is 6. The number of carbonyl (C=O) groups excluding carboxylic acids is 1. The van der Waals surface area contributed by atoms with Crippen molar-refractivity contribution in [3.05, 3.63) is 66.2 Å². The van der Waals surface area contributed by atoms with Crippen LogP contribution in [-0.4, -0.2) is 33.6 Å². The molecule has 0 unspecified atom stereocenters. The van der Waals surface area contributed by atoms with Crippen LogP contribution in [0.4, 0.5) is 10.1 Å². The number of ether oxygens (including phenoxy) is 1. The van der Waals surface area contributed by atoms with Crippen molar-refractivity contribution in [3.8, 4) is 5.75 Å². The second kappa shape index (κ2) is 8.54. The fraction of sp³-hybridized carbons (Fsp3) is 0.167. The first kappa shape index (κ1) is 18.7. The molecular formula is C18H18FN5O2S. The number of carbonyl (C=O) groups is 1. The number of benzene rings is 2. The van der Waals surface area contributed by atoms with Crippen LogP contribution in [-0.2, 0) is 11.4 Å². The Balaban J connectivity index is 1.57. The molecule has 3 rings (SSSR count). The van der Waals surface area contributed by atoms with Crippen LogP contribution in [0.25, 0.3) is 0 Å². The molecule has 3 aromatic rings.